The minimum absolute atomic E-state index is 0.00475. The number of amides is 1. The highest BCUT2D eigenvalue weighted by Gasteiger charge is 2.19. The summed E-state index contributed by atoms with van der Waals surface area (Å²) < 4.78 is 20.9. The van der Waals surface area contributed by atoms with E-state index in [-0.39, 0.29) is 31.4 Å². The van der Waals surface area contributed by atoms with Crippen LogP contribution in [0, 0.1) is 10.1 Å². The van der Waals surface area contributed by atoms with Gasteiger partial charge >= 0.3 is 6.09 Å². The first kappa shape index (κ1) is 24.8. The fourth-order valence-corrected chi connectivity index (χ4v) is 2.29. The number of nitrogens with one attached hydrogen (secondary N) is 1. The van der Waals surface area contributed by atoms with Crippen LogP contribution in [0.3, 0.4) is 0 Å². The molecular formula is C19H30N2O8. The molecule has 1 aromatic rings. The molecule has 1 unspecified atom stereocenters. The number of nitrogens with zero attached hydrogens (tertiary/aromatic N) is 1. The minimum Gasteiger partial charge on any atom is -0.447 e. The van der Waals surface area contributed by atoms with Crippen molar-refractivity contribution in [1.82, 2.24) is 5.48 Å². The van der Waals surface area contributed by atoms with Gasteiger partial charge in [0.1, 0.15) is 6.61 Å². The largest absolute Gasteiger partial charge is 0.447 e. The highest BCUT2D eigenvalue weighted by atomic mass is 16.7. The summed E-state index contributed by atoms with van der Waals surface area (Å²) in [6, 6.07) is 6.35. The van der Waals surface area contributed by atoms with Gasteiger partial charge in [-0.15, -0.1) is 0 Å². The topological polar surface area (TPSA) is 118 Å². The van der Waals surface area contributed by atoms with Gasteiger partial charge in [0, 0.05) is 24.2 Å². The van der Waals surface area contributed by atoms with Crippen molar-refractivity contribution in [1.29, 1.82) is 0 Å². The Balaban J connectivity index is 2.04. The number of carbonyl (C=O) groups is 1. The number of benzene rings is 1. The number of hydrogen-bond donors (Lipinski definition) is 1. The molecule has 0 bridgehead atoms. The molecule has 0 heterocycles. The summed E-state index contributed by atoms with van der Waals surface area (Å²) in [6.45, 7) is 6.89. The van der Waals surface area contributed by atoms with E-state index in [1.807, 2.05) is 6.92 Å². The Bertz CT molecular complexity index is 599. The third-order valence-electron chi connectivity index (χ3n) is 3.71. The van der Waals surface area contributed by atoms with Gasteiger partial charge in [-0.2, -0.15) is 5.48 Å². The van der Waals surface area contributed by atoms with E-state index in [2.05, 4.69) is 5.48 Å². The molecule has 29 heavy (non-hydrogen) atoms. The molecule has 0 aliphatic heterocycles. The van der Waals surface area contributed by atoms with E-state index in [0.717, 1.165) is 13.0 Å². The fourth-order valence-electron chi connectivity index (χ4n) is 2.29. The molecule has 0 saturated carbocycles. The van der Waals surface area contributed by atoms with E-state index < -0.39 is 11.0 Å². The summed E-state index contributed by atoms with van der Waals surface area (Å²) in [6.07, 6.45) is 0.213. The van der Waals surface area contributed by atoms with Crippen molar-refractivity contribution < 1.29 is 33.5 Å². The number of hydroxylamine groups is 1. The maximum absolute atomic E-state index is 11.6. The van der Waals surface area contributed by atoms with Gasteiger partial charge in [-0.25, -0.2) is 4.79 Å². The average molecular weight is 414 g/mol. The molecule has 10 nitrogen and oxygen atoms in total. The molecule has 1 amide bonds. The molecule has 0 aromatic heterocycles. The molecule has 10 heteroatoms. The van der Waals surface area contributed by atoms with E-state index >= 15 is 0 Å². The number of nitro benzene ring substituents is 1. The van der Waals surface area contributed by atoms with Crippen molar-refractivity contribution in [3.05, 3.63) is 39.9 Å². The molecule has 0 spiro atoms. The van der Waals surface area contributed by atoms with Crippen LogP contribution in [0.4, 0.5) is 10.5 Å². The van der Waals surface area contributed by atoms with Crippen LogP contribution in [0.1, 0.15) is 31.7 Å². The summed E-state index contributed by atoms with van der Waals surface area (Å²) >= 11 is 0. The van der Waals surface area contributed by atoms with Gasteiger partial charge in [0.15, 0.2) is 0 Å². The van der Waals surface area contributed by atoms with Gasteiger partial charge in [-0.1, -0.05) is 32.0 Å². The van der Waals surface area contributed by atoms with Crippen LogP contribution in [0.25, 0.3) is 0 Å². The van der Waals surface area contributed by atoms with Crippen molar-refractivity contribution in [2.45, 2.75) is 26.2 Å². The number of nitro groups is 1. The smallest absolute Gasteiger partial charge is 0.431 e. The molecule has 1 N–H and O–H groups in total. The number of hydrogen-bond acceptors (Lipinski definition) is 8. The Morgan fingerprint density at radius 3 is 2.24 bits per heavy atom. The fraction of sp³-hybridized carbons (Fsp3) is 0.632. The first-order valence-electron chi connectivity index (χ1n) is 9.57. The van der Waals surface area contributed by atoms with E-state index in [4.69, 9.17) is 23.8 Å². The summed E-state index contributed by atoms with van der Waals surface area (Å²) in [5.41, 5.74) is 2.63. The molecule has 1 rings (SSSR count). The molecule has 0 aliphatic rings. The van der Waals surface area contributed by atoms with Crippen molar-refractivity contribution >= 4 is 11.8 Å². The predicted molar refractivity (Wildman–Crippen MR) is 105 cm³/mol. The average Bonchev–Trinajstić information content (AvgIpc) is 2.72. The third kappa shape index (κ3) is 11.3. The van der Waals surface area contributed by atoms with Crippen molar-refractivity contribution in [3.8, 4) is 0 Å². The monoisotopic (exact) mass is 414 g/mol. The second kappa shape index (κ2) is 15.6. The lowest BCUT2D eigenvalue weighted by molar-refractivity contribution is -0.385. The summed E-state index contributed by atoms with van der Waals surface area (Å²) in [7, 11) is 0. The van der Waals surface area contributed by atoms with E-state index in [9.17, 15) is 14.9 Å². The van der Waals surface area contributed by atoms with Crippen LogP contribution in [0.2, 0.25) is 0 Å². The number of ether oxygens (including phenoxy) is 4. The van der Waals surface area contributed by atoms with Gasteiger partial charge in [0.2, 0.25) is 0 Å². The zero-order valence-electron chi connectivity index (χ0n) is 17.0. The van der Waals surface area contributed by atoms with Crippen LogP contribution in [-0.2, 0) is 23.8 Å². The highest BCUT2D eigenvalue weighted by molar-refractivity contribution is 5.65. The van der Waals surface area contributed by atoms with Gasteiger partial charge < -0.3 is 18.9 Å². The van der Waals surface area contributed by atoms with E-state index in [1.165, 1.54) is 6.07 Å². The first-order chi connectivity index (χ1) is 14.1. The third-order valence-corrected chi connectivity index (χ3v) is 3.71. The van der Waals surface area contributed by atoms with Gasteiger partial charge in [-0.05, 0) is 6.42 Å². The molecule has 0 aliphatic carbocycles. The number of rotatable bonds is 16. The Hall–Kier alpha value is -2.27. The lowest BCUT2D eigenvalue weighted by atomic mass is 10.0. The lowest BCUT2D eigenvalue weighted by Crippen LogP contribution is -2.27. The maximum Gasteiger partial charge on any atom is 0.431 e. The van der Waals surface area contributed by atoms with Crippen LogP contribution < -0.4 is 5.48 Å². The van der Waals surface area contributed by atoms with Crippen LogP contribution in [0.15, 0.2) is 24.3 Å². The minimum atomic E-state index is -0.772. The maximum atomic E-state index is 11.6. The normalized spacial score (nSPS) is 11.8. The van der Waals surface area contributed by atoms with Crippen LogP contribution in [-0.4, -0.2) is 63.9 Å². The Labute approximate surface area is 170 Å². The highest BCUT2D eigenvalue weighted by Crippen LogP contribution is 2.26. The second-order valence-electron chi connectivity index (χ2n) is 6.10. The molecule has 0 fully saturated rings. The summed E-state index contributed by atoms with van der Waals surface area (Å²) in [5.74, 6) is -0.335. The van der Waals surface area contributed by atoms with Gasteiger partial charge in [-0.3, -0.25) is 15.0 Å². The Morgan fingerprint density at radius 2 is 1.62 bits per heavy atom. The molecule has 164 valence electrons. The number of carbonyl (C=O) groups excluding carboxylic acids is 1. The second-order valence-corrected chi connectivity index (χ2v) is 6.10. The Kier molecular flexibility index (Phi) is 13.3. The predicted octanol–water partition coefficient (Wildman–Crippen LogP) is 2.82. The summed E-state index contributed by atoms with van der Waals surface area (Å²) in [5, 5.41) is 11.0. The van der Waals surface area contributed by atoms with Crippen molar-refractivity contribution in [3.63, 3.8) is 0 Å². The van der Waals surface area contributed by atoms with Crippen LogP contribution >= 0.6 is 0 Å². The number of para-hydroxylation sites is 1. The summed E-state index contributed by atoms with van der Waals surface area (Å²) in [4.78, 5) is 27.1. The van der Waals surface area contributed by atoms with Gasteiger partial charge in [0.05, 0.1) is 44.6 Å². The first-order valence-corrected chi connectivity index (χ1v) is 9.57. The standard InChI is InChI=1S/C19H30N2O8/c1-3-8-25-9-10-26-11-12-27-13-14-29-20-19(22)28-15-16(2)17-6-4-5-7-18(17)21(23)24/h4-7,16H,3,8-15H2,1-2H3,(H,20,22). The zero-order valence-corrected chi connectivity index (χ0v) is 17.0. The molecule has 1 atom stereocenters. The molecule has 1 aromatic carbocycles. The zero-order chi connectivity index (χ0) is 21.3. The van der Waals surface area contributed by atoms with Crippen LogP contribution in [0.5, 0.6) is 0 Å². The van der Waals surface area contributed by atoms with Gasteiger partial charge in [0.25, 0.3) is 5.69 Å². The molecule has 0 radical (unpaired) electrons. The van der Waals surface area contributed by atoms with E-state index in [1.54, 1.807) is 25.1 Å². The lowest BCUT2D eigenvalue weighted by Gasteiger charge is -2.13. The SMILES string of the molecule is CCCOCCOCCOCCONC(=O)OCC(C)c1ccccc1[N+](=O)[O-]. The quantitative estimate of drug-likeness (QED) is 0.249. The van der Waals surface area contributed by atoms with E-state index in [0.29, 0.717) is 32.0 Å². The van der Waals surface area contributed by atoms with Crippen molar-refractivity contribution in [2.24, 2.45) is 0 Å². The van der Waals surface area contributed by atoms with Crippen molar-refractivity contribution in [2.75, 3.05) is 52.9 Å². The molecular weight excluding hydrogens is 384 g/mol. The Morgan fingerprint density at radius 1 is 1.03 bits per heavy atom. The molecule has 0 saturated heterocycles.